The number of hydrogen-bond acceptors (Lipinski definition) is 1. The number of aliphatic hydroxyl groups is 1. The van der Waals surface area contributed by atoms with Crippen molar-refractivity contribution >= 4 is 0 Å². The summed E-state index contributed by atoms with van der Waals surface area (Å²) in [5, 5.41) is 10.1. The normalized spacial score (nSPS) is 22.6. The number of benzene rings is 1. The van der Waals surface area contributed by atoms with E-state index in [2.05, 4.69) is 19.9 Å². The molecule has 0 heterocycles. The second-order valence-corrected chi connectivity index (χ2v) is 5.56. The first-order valence-corrected chi connectivity index (χ1v) is 6.54. The molecule has 0 radical (unpaired) electrons. The smallest absolute Gasteiger partial charge is 0.0798 e. The van der Waals surface area contributed by atoms with E-state index in [-0.39, 0.29) is 6.10 Å². The topological polar surface area (TPSA) is 20.2 Å². The molecule has 86 valence electrons. The third-order valence-corrected chi connectivity index (χ3v) is 4.17. The number of hydrogen-bond donors (Lipinski definition) is 1. The van der Waals surface area contributed by atoms with Gasteiger partial charge in [-0.25, -0.2) is 0 Å². The van der Waals surface area contributed by atoms with Crippen molar-refractivity contribution in [3.8, 4) is 0 Å². The van der Waals surface area contributed by atoms with Gasteiger partial charge >= 0.3 is 0 Å². The van der Waals surface area contributed by atoms with Gasteiger partial charge in [-0.1, -0.05) is 19.9 Å². The van der Waals surface area contributed by atoms with E-state index in [4.69, 9.17) is 0 Å². The van der Waals surface area contributed by atoms with E-state index in [1.807, 2.05) is 0 Å². The van der Waals surface area contributed by atoms with Gasteiger partial charge < -0.3 is 5.11 Å². The highest BCUT2D eigenvalue weighted by Gasteiger charge is 2.29. The van der Waals surface area contributed by atoms with Gasteiger partial charge in [-0.3, -0.25) is 0 Å². The lowest BCUT2D eigenvalue weighted by atomic mass is 9.87. The first-order valence-electron chi connectivity index (χ1n) is 6.54. The number of aliphatic hydroxyl groups excluding tert-OH is 1. The molecule has 0 saturated heterocycles. The van der Waals surface area contributed by atoms with Gasteiger partial charge in [0.15, 0.2) is 0 Å². The SMILES string of the molecule is CC(C)c1c2c(cc3c1[C@@H](O)CC3)CCC2. The summed E-state index contributed by atoms with van der Waals surface area (Å²) in [6.45, 7) is 4.53. The fourth-order valence-electron chi connectivity index (χ4n) is 3.55. The molecular weight excluding hydrogens is 196 g/mol. The van der Waals surface area contributed by atoms with Crippen molar-refractivity contribution in [2.45, 2.75) is 58.0 Å². The molecule has 0 amide bonds. The van der Waals surface area contributed by atoms with Gasteiger partial charge in [0.05, 0.1) is 6.10 Å². The van der Waals surface area contributed by atoms with Crippen molar-refractivity contribution in [1.29, 1.82) is 0 Å². The van der Waals surface area contributed by atoms with E-state index in [1.165, 1.54) is 36.0 Å². The molecule has 0 bridgehead atoms. The van der Waals surface area contributed by atoms with Gasteiger partial charge in [-0.2, -0.15) is 0 Å². The Morgan fingerprint density at radius 1 is 1.19 bits per heavy atom. The molecule has 0 aromatic heterocycles. The third kappa shape index (κ3) is 1.34. The molecule has 1 nitrogen and oxygen atoms in total. The lowest BCUT2D eigenvalue weighted by molar-refractivity contribution is 0.178. The highest BCUT2D eigenvalue weighted by Crippen LogP contribution is 2.42. The van der Waals surface area contributed by atoms with Crippen LogP contribution in [0.4, 0.5) is 0 Å². The number of aryl methyl sites for hydroxylation is 2. The van der Waals surface area contributed by atoms with E-state index >= 15 is 0 Å². The summed E-state index contributed by atoms with van der Waals surface area (Å²) in [4.78, 5) is 0. The Kier molecular flexibility index (Phi) is 2.32. The Balaban J connectivity index is 2.26. The first kappa shape index (κ1) is 10.3. The second kappa shape index (κ2) is 3.59. The van der Waals surface area contributed by atoms with Crippen LogP contribution in [0.25, 0.3) is 0 Å². The zero-order valence-corrected chi connectivity index (χ0v) is 10.2. The largest absolute Gasteiger partial charge is 0.388 e. The summed E-state index contributed by atoms with van der Waals surface area (Å²) in [7, 11) is 0. The lowest BCUT2D eigenvalue weighted by Crippen LogP contribution is -2.05. The van der Waals surface area contributed by atoms with E-state index in [1.54, 1.807) is 11.1 Å². The first-order chi connectivity index (χ1) is 7.68. The van der Waals surface area contributed by atoms with Crippen LogP contribution in [0.15, 0.2) is 6.07 Å². The molecule has 1 aromatic rings. The van der Waals surface area contributed by atoms with Crippen LogP contribution in [0.1, 0.15) is 66.5 Å². The molecule has 1 aromatic carbocycles. The zero-order chi connectivity index (χ0) is 11.3. The third-order valence-electron chi connectivity index (χ3n) is 4.17. The van der Waals surface area contributed by atoms with Crippen LogP contribution in [0.2, 0.25) is 0 Å². The van der Waals surface area contributed by atoms with Crippen LogP contribution in [-0.2, 0) is 19.3 Å². The number of fused-ring (bicyclic) bond motifs is 2. The van der Waals surface area contributed by atoms with E-state index in [9.17, 15) is 5.11 Å². The fraction of sp³-hybridized carbons (Fsp3) is 0.600. The highest BCUT2D eigenvalue weighted by molar-refractivity contribution is 5.52. The summed E-state index contributed by atoms with van der Waals surface area (Å²) in [5.74, 6) is 0.551. The van der Waals surface area contributed by atoms with Gasteiger partial charge in [0, 0.05) is 0 Å². The van der Waals surface area contributed by atoms with Gasteiger partial charge in [-0.15, -0.1) is 0 Å². The van der Waals surface area contributed by atoms with E-state index < -0.39 is 0 Å². The van der Waals surface area contributed by atoms with Crippen molar-refractivity contribution in [2.24, 2.45) is 0 Å². The molecule has 0 saturated carbocycles. The van der Waals surface area contributed by atoms with Gasteiger partial charge in [0.25, 0.3) is 0 Å². The minimum Gasteiger partial charge on any atom is -0.388 e. The molecule has 16 heavy (non-hydrogen) atoms. The van der Waals surface area contributed by atoms with Crippen LogP contribution >= 0.6 is 0 Å². The standard InChI is InChI=1S/C15H20O/c1-9(2)14-12-5-3-4-10(12)8-11-6-7-13(16)15(11)14/h8-9,13,16H,3-7H2,1-2H3/t13-/m0/s1. The van der Waals surface area contributed by atoms with Crippen molar-refractivity contribution < 1.29 is 5.11 Å². The quantitative estimate of drug-likeness (QED) is 0.764. The maximum absolute atomic E-state index is 10.1. The minimum atomic E-state index is -0.196. The highest BCUT2D eigenvalue weighted by atomic mass is 16.3. The summed E-state index contributed by atoms with van der Waals surface area (Å²) in [6.07, 6.45) is 5.58. The van der Waals surface area contributed by atoms with Gasteiger partial charge in [-0.05, 0) is 65.8 Å². The van der Waals surface area contributed by atoms with Crippen LogP contribution in [0, 0.1) is 0 Å². The second-order valence-electron chi connectivity index (χ2n) is 5.56. The summed E-state index contributed by atoms with van der Waals surface area (Å²) in [5.41, 5.74) is 7.33. The molecule has 0 spiro atoms. The van der Waals surface area contributed by atoms with Crippen LogP contribution in [0.3, 0.4) is 0 Å². The molecule has 1 atom stereocenters. The monoisotopic (exact) mass is 216 g/mol. The Hall–Kier alpha value is -0.820. The van der Waals surface area contributed by atoms with Gasteiger partial charge in [0.2, 0.25) is 0 Å². The molecule has 1 N–H and O–H groups in total. The van der Waals surface area contributed by atoms with Gasteiger partial charge in [0.1, 0.15) is 0 Å². The van der Waals surface area contributed by atoms with E-state index in [0.29, 0.717) is 5.92 Å². The lowest BCUT2D eigenvalue weighted by Gasteiger charge is -2.19. The van der Waals surface area contributed by atoms with Crippen LogP contribution < -0.4 is 0 Å². The van der Waals surface area contributed by atoms with Crippen molar-refractivity contribution in [3.63, 3.8) is 0 Å². The molecule has 1 heteroatoms. The predicted octanol–water partition coefficient (Wildman–Crippen LogP) is 3.28. The molecule has 0 unspecified atom stereocenters. The van der Waals surface area contributed by atoms with Crippen molar-refractivity contribution in [3.05, 3.63) is 33.9 Å². The number of rotatable bonds is 1. The summed E-state index contributed by atoms with van der Waals surface area (Å²) < 4.78 is 0. The molecular formula is C15H20O. The van der Waals surface area contributed by atoms with Crippen molar-refractivity contribution in [2.75, 3.05) is 0 Å². The molecule has 0 aliphatic heterocycles. The van der Waals surface area contributed by atoms with Crippen LogP contribution in [-0.4, -0.2) is 5.11 Å². The average Bonchev–Trinajstić information content (AvgIpc) is 2.82. The zero-order valence-electron chi connectivity index (χ0n) is 10.2. The maximum Gasteiger partial charge on any atom is 0.0798 e. The Morgan fingerprint density at radius 2 is 2.00 bits per heavy atom. The maximum atomic E-state index is 10.1. The Morgan fingerprint density at radius 3 is 2.75 bits per heavy atom. The summed E-state index contributed by atoms with van der Waals surface area (Å²) in [6, 6.07) is 2.37. The fourth-order valence-corrected chi connectivity index (χ4v) is 3.55. The molecule has 2 aliphatic carbocycles. The Labute approximate surface area is 97.5 Å². The predicted molar refractivity (Wildman–Crippen MR) is 65.8 cm³/mol. The average molecular weight is 216 g/mol. The molecule has 3 rings (SSSR count). The minimum absolute atomic E-state index is 0.196. The van der Waals surface area contributed by atoms with E-state index in [0.717, 1.165) is 12.8 Å². The molecule has 0 fully saturated rings. The van der Waals surface area contributed by atoms with Crippen LogP contribution in [0.5, 0.6) is 0 Å². The molecule has 2 aliphatic rings. The Bertz CT molecular complexity index is 432. The van der Waals surface area contributed by atoms with Crippen molar-refractivity contribution in [1.82, 2.24) is 0 Å². The summed E-state index contributed by atoms with van der Waals surface area (Å²) >= 11 is 0.